The van der Waals surface area contributed by atoms with Crippen molar-refractivity contribution in [3.63, 3.8) is 0 Å². The van der Waals surface area contributed by atoms with E-state index in [4.69, 9.17) is 0 Å². The van der Waals surface area contributed by atoms with Crippen molar-refractivity contribution in [3.05, 3.63) is 69.6 Å². The first-order valence-corrected chi connectivity index (χ1v) is 10.0. The van der Waals surface area contributed by atoms with Gasteiger partial charge in [0.2, 0.25) is 0 Å². The van der Waals surface area contributed by atoms with Gasteiger partial charge < -0.3 is 9.97 Å². The van der Waals surface area contributed by atoms with Gasteiger partial charge in [0.05, 0.1) is 0 Å². The van der Waals surface area contributed by atoms with E-state index < -0.39 is 0 Å². The zero-order valence-electron chi connectivity index (χ0n) is 13.5. The maximum absolute atomic E-state index is 3.62. The second kappa shape index (κ2) is 5.12. The number of aromatic nitrogens is 2. The summed E-state index contributed by atoms with van der Waals surface area (Å²) in [5.41, 5.74) is 4.67. The maximum atomic E-state index is 3.62. The smallest absolute Gasteiger partial charge is 0.0471 e. The minimum Gasteiger partial charge on any atom is -0.354 e. The first kappa shape index (κ1) is 14.8. The molecular weight excluding hydrogens is 452 g/mol. The molecule has 0 aliphatic rings. The molecule has 2 nitrogen and oxygen atoms in total. The first-order valence-electron chi connectivity index (χ1n) is 8.43. The van der Waals surface area contributed by atoms with Gasteiger partial charge in [0, 0.05) is 52.6 Å². The van der Waals surface area contributed by atoms with Crippen molar-refractivity contribution < 1.29 is 0 Å². The van der Waals surface area contributed by atoms with Crippen molar-refractivity contribution >= 4 is 86.2 Å². The molecule has 26 heavy (non-hydrogen) atoms. The van der Waals surface area contributed by atoms with Crippen LogP contribution >= 0.6 is 31.9 Å². The first-order chi connectivity index (χ1) is 12.7. The van der Waals surface area contributed by atoms with Gasteiger partial charge >= 0.3 is 0 Å². The average molecular weight is 464 g/mol. The maximum Gasteiger partial charge on any atom is 0.0471 e. The third-order valence-corrected chi connectivity index (χ3v) is 6.23. The predicted molar refractivity (Wildman–Crippen MR) is 118 cm³/mol. The van der Waals surface area contributed by atoms with Crippen molar-refractivity contribution in [2.45, 2.75) is 0 Å². The standard InChI is InChI=1S/C22H12Br2N2/c23-11-1-5-17-15(9-11)21-13-4-8-20-22(14(13)3-7-19(21)25-17)16-10-12(24)2-6-18(16)26-20/h1-10,25-26H. The van der Waals surface area contributed by atoms with Crippen molar-refractivity contribution in [3.8, 4) is 0 Å². The van der Waals surface area contributed by atoms with Crippen LogP contribution in [0.1, 0.15) is 0 Å². The fourth-order valence-corrected chi connectivity index (χ4v) is 4.87. The van der Waals surface area contributed by atoms with Gasteiger partial charge in [-0.1, -0.05) is 44.0 Å². The zero-order valence-corrected chi connectivity index (χ0v) is 16.7. The van der Waals surface area contributed by atoms with E-state index in [9.17, 15) is 0 Å². The van der Waals surface area contributed by atoms with Gasteiger partial charge in [-0.25, -0.2) is 0 Å². The van der Waals surface area contributed by atoms with Crippen LogP contribution in [0, 0.1) is 0 Å². The molecule has 124 valence electrons. The van der Waals surface area contributed by atoms with E-state index in [1.165, 1.54) is 43.4 Å². The van der Waals surface area contributed by atoms with Crippen LogP contribution in [0.25, 0.3) is 54.4 Å². The van der Waals surface area contributed by atoms with E-state index in [0.717, 1.165) is 20.0 Å². The van der Waals surface area contributed by atoms with Crippen LogP contribution in [0.15, 0.2) is 69.6 Å². The number of nitrogens with one attached hydrogen (secondary N) is 2. The fourth-order valence-electron chi connectivity index (χ4n) is 4.15. The molecule has 2 heterocycles. The van der Waals surface area contributed by atoms with Gasteiger partial charge in [0.1, 0.15) is 0 Å². The Kier molecular flexibility index (Phi) is 2.92. The van der Waals surface area contributed by atoms with E-state index in [1.54, 1.807) is 0 Å². The van der Waals surface area contributed by atoms with Gasteiger partial charge in [-0.05, 0) is 59.3 Å². The molecule has 4 heteroatoms. The Morgan fingerprint density at radius 1 is 0.462 bits per heavy atom. The lowest BCUT2D eigenvalue weighted by Gasteiger charge is -2.04. The Morgan fingerprint density at radius 2 is 0.885 bits per heavy atom. The van der Waals surface area contributed by atoms with Crippen LogP contribution in [0.3, 0.4) is 0 Å². The molecule has 0 aliphatic heterocycles. The number of benzene rings is 4. The lowest BCUT2D eigenvalue weighted by molar-refractivity contribution is 1.54. The number of halogens is 2. The fraction of sp³-hybridized carbons (Fsp3) is 0. The van der Waals surface area contributed by atoms with E-state index in [0.29, 0.717) is 0 Å². The monoisotopic (exact) mass is 462 g/mol. The highest BCUT2D eigenvalue weighted by Gasteiger charge is 2.13. The SMILES string of the molecule is Brc1ccc2[nH]c3ccc4c(ccc5[nH]c6ccc(Br)cc6c54)c3c2c1. The predicted octanol–water partition coefficient (Wildman–Crippen LogP) is 7.63. The van der Waals surface area contributed by atoms with Crippen LogP contribution in [-0.4, -0.2) is 9.97 Å². The summed E-state index contributed by atoms with van der Waals surface area (Å²) in [7, 11) is 0. The summed E-state index contributed by atoms with van der Waals surface area (Å²) in [6.07, 6.45) is 0. The normalized spacial score (nSPS) is 12.2. The number of aromatic amines is 2. The molecule has 4 aromatic carbocycles. The second-order valence-corrected chi connectivity index (χ2v) is 8.53. The molecular formula is C22H12Br2N2. The minimum atomic E-state index is 1.10. The molecule has 2 aromatic heterocycles. The van der Waals surface area contributed by atoms with Crippen LogP contribution in [0.4, 0.5) is 0 Å². The van der Waals surface area contributed by atoms with E-state index in [-0.39, 0.29) is 0 Å². The second-order valence-electron chi connectivity index (χ2n) is 6.70. The van der Waals surface area contributed by atoms with E-state index in [1.807, 2.05) is 0 Å². The topological polar surface area (TPSA) is 31.6 Å². The van der Waals surface area contributed by atoms with Crippen LogP contribution in [-0.2, 0) is 0 Å². The van der Waals surface area contributed by atoms with E-state index in [2.05, 4.69) is 102 Å². The summed E-state index contributed by atoms with van der Waals surface area (Å²) >= 11 is 7.23. The molecule has 0 bridgehead atoms. The van der Waals surface area contributed by atoms with Crippen LogP contribution < -0.4 is 0 Å². The molecule has 0 fully saturated rings. The third kappa shape index (κ3) is 1.91. The largest absolute Gasteiger partial charge is 0.354 e. The molecule has 6 aromatic rings. The molecule has 0 unspecified atom stereocenters. The van der Waals surface area contributed by atoms with Crippen molar-refractivity contribution in [2.24, 2.45) is 0 Å². The van der Waals surface area contributed by atoms with Gasteiger partial charge in [-0.15, -0.1) is 0 Å². The third-order valence-electron chi connectivity index (χ3n) is 5.24. The molecule has 0 spiro atoms. The molecule has 0 atom stereocenters. The molecule has 0 amide bonds. The quantitative estimate of drug-likeness (QED) is 0.232. The molecule has 0 saturated carbocycles. The minimum absolute atomic E-state index is 1.10. The molecule has 0 saturated heterocycles. The van der Waals surface area contributed by atoms with E-state index >= 15 is 0 Å². The Bertz CT molecular complexity index is 1390. The van der Waals surface area contributed by atoms with Gasteiger partial charge in [-0.3, -0.25) is 0 Å². The Hall–Kier alpha value is -2.30. The van der Waals surface area contributed by atoms with Gasteiger partial charge in [-0.2, -0.15) is 0 Å². The summed E-state index contributed by atoms with van der Waals surface area (Å²) in [5, 5.41) is 7.62. The highest BCUT2D eigenvalue weighted by Crippen LogP contribution is 2.39. The van der Waals surface area contributed by atoms with Crippen molar-refractivity contribution in [1.82, 2.24) is 9.97 Å². The number of rotatable bonds is 0. The lowest BCUT2D eigenvalue weighted by atomic mass is 9.99. The van der Waals surface area contributed by atoms with Gasteiger partial charge in [0.25, 0.3) is 0 Å². The highest BCUT2D eigenvalue weighted by molar-refractivity contribution is 9.10. The number of fused-ring (bicyclic) bond motifs is 9. The summed E-state index contributed by atoms with van der Waals surface area (Å²) in [5.74, 6) is 0. The zero-order chi connectivity index (χ0) is 17.4. The number of hydrogen-bond donors (Lipinski definition) is 2. The molecule has 6 rings (SSSR count). The summed E-state index contributed by atoms with van der Waals surface area (Å²) in [6, 6.07) is 21.7. The summed E-state index contributed by atoms with van der Waals surface area (Å²) in [4.78, 5) is 7.10. The van der Waals surface area contributed by atoms with Crippen LogP contribution in [0.5, 0.6) is 0 Å². The van der Waals surface area contributed by atoms with Crippen LogP contribution in [0.2, 0.25) is 0 Å². The molecule has 0 aliphatic carbocycles. The average Bonchev–Trinajstić information content (AvgIpc) is 3.19. The molecule has 2 N–H and O–H groups in total. The Morgan fingerprint density at radius 3 is 1.35 bits per heavy atom. The molecule has 0 radical (unpaired) electrons. The number of H-pyrrole nitrogens is 2. The van der Waals surface area contributed by atoms with Gasteiger partial charge in [0.15, 0.2) is 0 Å². The summed E-state index contributed by atoms with van der Waals surface area (Å²) in [6.45, 7) is 0. The van der Waals surface area contributed by atoms with Crippen molar-refractivity contribution in [1.29, 1.82) is 0 Å². The number of hydrogen-bond acceptors (Lipinski definition) is 0. The lowest BCUT2D eigenvalue weighted by Crippen LogP contribution is -1.78. The van der Waals surface area contributed by atoms with Crippen molar-refractivity contribution in [2.75, 3.05) is 0 Å². The Labute approximate surface area is 165 Å². The highest BCUT2D eigenvalue weighted by atomic mass is 79.9. The Balaban J connectivity index is 1.90. The summed E-state index contributed by atoms with van der Waals surface area (Å²) < 4.78 is 2.19.